The summed E-state index contributed by atoms with van der Waals surface area (Å²) >= 11 is 0. The van der Waals surface area contributed by atoms with Crippen molar-refractivity contribution >= 4 is 51.5 Å². The number of pyridine rings is 1. The third-order valence-corrected chi connectivity index (χ3v) is 6.85. The lowest BCUT2D eigenvalue weighted by Gasteiger charge is -2.15. The number of non-ortho nitro benzene ring substituents is 1. The van der Waals surface area contributed by atoms with Gasteiger partial charge in [0.1, 0.15) is 5.75 Å². The van der Waals surface area contributed by atoms with Gasteiger partial charge in [-0.1, -0.05) is 18.2 Å². The van der Waals surface area contributed by atoms with Crippen LogP contribution in [0.4, 0.5) is 11.5 Å². The number of carbonyl (C=O) groups is 2. The molecule has 2 aromatic heterocycles. The molecule has 0 aliphatic rings. The highest BCUT2D eigenvalue weighted by Crippen LogP contribution is 2.24. The monoisotopic (exact) mass is 519 g/mol. The van der Waals surface area contributed by atoms with Crippen LogP contribution in [0.15, 0.2) is 89.1 Å². The number of hydrogen-bond donors (Lipinski definition) is 0. The number of esters is 1. The van der Waals surface area contributed by atoms with E-state index in [0.717, 1.165) is 10.4 Å². The first kappa shape index (κ1) is 25.4. The van der Waals surface area contributed by atoms with Crippen LogP contribution in [0.2, 0.25) is 0 Å². The number of carbonyl (C=O) groups excluding carboxylic acids is 2. The van der Waals surface area contributed by atoms with Crippen molar-refractivity contribution in [3.05, 3.63) is 89.2 Å². The highest BCUT2D eigenvalue weighted by atomic mass is 32.2. The molecule has 0 bridgehead atoms. The molecule has 0 fully saturated rings. The molecule has 1 amide bonds. The molecular formula is C25H21N5O6S. The minimum atomic E-state index is -1.51. The number of benzene rings is 2. The highest BCUT2D eigenvalue weighted by Gasteiger charge is 2.21. The summed E-state index contributed by atoms with van der Waals surface area (Å²) in [4.78, 5) is 39.6. The first-order valence-electron chi connectivity index (χ1n) is 11.0. The van der Waals surface area contributed by atoms with Crippen molar-refractivity contribution in [2.45, 2.75) is 18.7 Å². The lowest BCUT2D eigenvalue weighted by molar-refractivity contribution is -0.384. The number of nitro benzene ring substituents is 1. The second-order valence-electron chi connectivity index (χ2n) is 7.89. The summed E-state index contributed by atoms with van der Waals surface area (Å²) in [7, 11) is -1.51. The summed E-state index contributed by atoms with van der Waals surface area (Å²) in [5, 5.41) is 16.7. The average Bonchev–Trinajstić information content (AvgIpc) is 3.34. The average molecular weight is 520 g/mol. The second-order valence-corrected chi connectivity index (χ2v) is 9.25. The fraction of sp³-hybridized carbons (Fsp3) is 0.120. The molecule has 0 saturated carbocycles. The molecule has 0 saturated heterocycles. The van der Waals surface area contributed by atoms with E-state index in [1.54, 1.807) is 60.4 Å². The first-order valence-corrected chi connectivity index (χ1v) is 12.1. The van der Waals surface area contributed by atoms with Crippen molar-refractivity contribution in [2.75, 3.05) is 5.01 Å². The molecule has 0 aliphatic heterocycles. The zero-order valence-electron chi connectivity index (χ0n) is 19.8. The molecule has 12 heteroatoms. The van der Waals surface area contributed by atoms with E-state index in [1.807, 2.05) is 6.07 Å². The Bertz CT molecular complexity index is 1520. The van der Waals surface area contributed by atoms with E-state index in [0.29, 0.717) is 16.8 Å². The number of nitro groups is 1. The van der Waals surface area contributed by atoms with Gasteiger partial charge in [-0.25, -0.2) is 9.19 Å². The summed E-state index contributed by atoms with van der Waals surface area (Å²) in [6.45, 7) is 3.12. The summed E-state index contributed by atoms with van der Waals surface area (Å²) < 4.78 is 19.9. The smallest absolute Gasteiger partial charge is 0.319 e. The lowest BCUT2D eigenvalue weighted by Crippen LogP contribution is -2.27. The third kappa shape index (κ3) is 5.59. The summed E-state index contributed by atoms with van der Waals surface area (Å²) in [5.74, 6) is -1.18. The number of nitrogens with zero attached hydrogens (tertiary/aromatic N) is 5. The quantitative estimate of drug-likeness (QED) is 0.0811. The molecule has 188 valence electrons. The maximum Gasteiger partial charge on any atom is 0.319 e. The fourth-order valence-electron chi connectivity index (χ4n) is 3.31. The van der Waals surface area contributed by atoms with Crippen molar-refractivity contribution in [3.63, 3.8) is 0 Å². The third-order valence-electron chi connectivity index (χ3n) is 5.49. The van der Waals surface area contributed by atoms with E-state index in [-0.39, 0.29) is 23.0 Å². The number of rotatable bonds is 9. The van der Waals surface area contributed by atoms with Gasteiger partial charge in [0.2, 0.25) is 6.41 Å². The lowest BCUT2D eigenvalue weighted by atomic mass is 10.1. The maximum atomic E-state index is 13.1. The molecule has 0 spiro atoms. The normalized spacial score (nSPS) is 13.1. The van der Waals surface area contributed by atoms with Crippen molar-refractivity contribution in [2.24, 2.45) is 11.0 Å². The van der Waals surface area contributed by atoms with Crippen molar-refractivity contribution in [3.8, 4) is 5.75 Å². The number of ether oxygens (including phenoxy) is 1. The maximum absolute atomic E-state index is 13.1. The Morgan fingerprint density at radius 3 is 2.54 bits per heavy atom. The van der Waals surface area contributed by atoms with Gasteiger partial charge in [-0.3, -0.25) is 23.7 Å². The Morgan fingerprint density at radius 1 is 1.19 bits per heavy atom. The zero-order chi connectivity index (χ0) is 26.5. The molecule has 2 heterocycles. The van der Waals surface area contributed by atoms with Crippen LogP contribution in [0.5, 0.6) is 5.75 Å². The SMILES string of the molecule is C/C(=N/N(C=O)c1cc2c(ccn2S(=O)c2ccccc2)cn1)C(C)C(=O)Oc1ccc([N+](=O)[O-])cc1. The van der Waals surface area contributed by atoms with Crippen LogP contribution in [0.1, 0.15) is 13.8 Å². The molecule has 11 nitrogen and oxygen atoms in total. The Balaban J connectivity index is 1.55. The number of aromatic nitrogens is 2. The van der Waals surface area contributed by atoms with Gasteiger partial charge < -0.3 is 4.74 Å². The largest absolute Gasteiger partial charge is 0.426 e. The topological polar surface area (TPSA) is 137 Å². The predicted octanol–water partition coefficient (Wildman–Crippen LogP) is 4.10. The van der Waals surface area contributed by atoms with Gasteiger partial charge in [0.05, 0.1) is 21.3 Å². The predicted molar refractivity (Wildman–Crippen MR) is 138 cm³/mol. The molecule has 2 unspecified atom stereocenters. The summed E-state index contributed by atoms with van der Waals surface area (Å²) in [6.07, 6.45) is 3.67. The minimum Gasteiger partial charge on any atom is -0.426 e. The van der Waals surface area contributed by atoms with E-state index in [9.17, 15) is 23.9 Å². The number of amides is 1. The van der Waals surface area contributed by atoms with Crippen molar-refractivity contribution in [1.29, 1.82) is 0 Å². The first-order chi connectivity index (χ1) is 17.8. The Hall–Kier alpha value is -4.71. The molecule has 0 aliphatic carbocycles. The van der Waals surface area contributed by atoms with Gasteiger partial charge in [-0.2, -0.15) is 10.1 Å². The molecule has 2 atom stereocenters. The molecule has 4 rings (SSSR count). The molecule has 2 aromatic carbocycles. The van der Waals surface area contributed by atoms with E-state index < -0.39 is 27.8 Å². The van der Waals surface area contributed by atoms with Gasteiger partial charge in [0.25, 0.3) is 5.69 Å². The van der Waals surface area contributed by atoms with Crippen LogP contribution in [0, 0.1) is 16.0 Å². The van der Waals surface area contributed by atoms with Gasteiger partial charge in [-0.15, -0.1) is 0 Å². The Morgan fingerprint density at radius 2 is 1.89 bits per heavy atom. The van der Waals surface area contributed by atoms with E-state index in [2.05, 4.69) is 10.1 Å². The van der Waals surface area contributed by atoms with Crippen molar-refractivity contribution < 1.29 is 23.5 Å². The van der Waals surface area contributed by atoms with Gasteiger partial charge in [0, 0.05) is 41.7 Å². The second kappa shape index (κ2) is 10.9. The standard InChI is InChI=1S/C25H21N5O6S/c1-17(25(32)36-21-10-8-20(9-11-21)30(33)34)18(2)27-28(16-31)24-14-23-19(15-26-24)12-13-29(23)37(35)22-6-4-3-5-7-22/h3-17H,1-2H3/b27-18-. The number of fused-ring (bicyclic) bond motifs is 1. The molecule has 37 heavy (non-hydrogen) atoms. The van der Waals surface area contributed by atoms with Gasteiger partial charge >= 0.3 is 5.97 Å². The zero-order valence-corrected chi connectivity index (χ0v) is 20.6. The molecule has 0 radical (unpaired) electrons. The minimum absolute atomic E-state index is 0.129. The summed E-state index contributed by atoms with van der Waals surface area (Å²) in [5.41, 5.74) is 0.720. The van der Waals surface area contributed by atoms with Gasteiger partial charge in [-0.05, 0) is 44.2 Å². The van der Waals surface area contributed by atoms with E-state index >= 15 is 0 Å². The fourth-order valence-corrected chi connectivity index (χ4v) is 4.43. The summed E-state index contributed by atoms with van der Waals surface area (Å²) in [6, 6.07) is 17.4. The van der Waals surface area contributed by atoms with Crippen LogP contribution in [0.25, 0.3) is 10.9 Å². The number of anilines is 1. The molecule has 0 N–H and O–H groups in total. The molecule has 4 aromatic rings. The van der Waals surface area contributed by atoms with Crippen LogP contribution in [0.3, 0.4) is 0 Å². The van der Waals surface area contributed by atoms with Crippen LogP contribution < -0.4 is 9.75 Å². The Labute approximate surface area is 213 Å². The van der Waals surface area contributed by atoms with E-state index in [1.165, 1.54) is 30.5 Å². The Kier molecular flexibility index (Phi) is 7.49. The molecular weight excluding hydrogens is 498 g/mol. The highest BCUT2D eigenvalue weighted by molar-refractivity contribution is 7.83. The van der Waals surface area contributed by atoms with Crippen LogP contribution in [-0.4, -0.2) is 36.2 Å². The van der Waals surface area contributed by atoms with Gasteiger partial charge in [0.15, 0.2) is 16.8 Å². The number of hydrazone groups is 1. The van der Waals surface area contributed by atoms with Crippen molar-refractivity contribution in [1.82, 2.24) is 8.96 Å². The van der Waals surface area contributed by atoms with Crippen LogP contribution >= 0.6 is 0 Å². The number of hydrogen-bond acceptors (Lipinski definition) is 8. The van der Waals surface area contributed by atoms with Crippen LogP contribution in [-0.2, 0) is 20.6 Å². The van der Waals surface area contributed by atoms with E-state index in [4.69, 9.17) is 4.74 Å².